The van der Waals surface area contributed by atoms with Crippen LogP contribution in [0.3, 0.4) is 0 Å². The fraction of sp³-hybridized carbons (Fsp3) is 0.385. The summed E-state index contributed by atoms with van der Waals surface area (Å²) < 4.78 is 5.19. The molecule has 0 unspecified atom stereocenters. The molecule has 1 saturated carbocycles. The lowest BCUT2D eigenvalue weighted by Gasteiger charge is -1.96. The summed E-state index contributed by atoms with van der Waals surface area (Å²) in [6.45, 7) is 0.688. The largest absolute Gasteiger partial charge is 0.338 e. The van der Waals surface area contributed by atoms with Gasteiger partial charge >= 0.3 is 0 Å². The molecule has 0 radical (unpaired) electrons. The van der Waals surface area contributed by atoms with E-state index in [4.69, 9.17) is 4.52 Å². The Bertz CT molecular complexity index is 496. The van der Waals surface area contributed by atoms with Crippen molar-refractivity contribution in [1.82, 2.24) is 15.5 Å². The van der Waals surface area contributed by atoms with Crippen molar-refractivity contribution in [2.24, 2.45) is 0 Å². The molecule has 0 amide bonds. The highest BCUT2D eigenvalue weighted by molar-refractivity contribution is 7.98. The molecule has 1 aliphatic carbocycles. The fourth-order valence-corrected chi connectivity index (χ4v) is 2.37. The highest BCUT2D eigenvalue weighted by Crippen LogP contribution is 2.21. The summed E-state index contributed by atoms with van der Waals surface area (Å²) >= 11 is 1.72. The maximum atomic E-state index is 5.19. The minimum absolute atomic E-state index is 0.666. The van der Waals surface area contributed by atoms with E-state index in [1.54, 1.807) is 11.8 Å². The van der Waals surface area contributed by atoms with Crippen LogP contribution in [-0.4, -0.2) is 16.2 Å². The molecule has 0 spiro atoms. The van der Waals surface area contributed by atoms with E-state index in [1.165, 1.54) is 17.7 Å². The molecule has 5 heteroatoms. The molecule has 1 fully saturated rings. The Morgan fingerprint density at radius 2 is 2.11 bits per heavy atom. The predicted molar refractivity (Wildman–Crippen MR) is 70.2 cm³/mol. The van der Waals surface area contributed by atoms with Gasteiger partial charge in [0.15, 0.2) is 5.82 Å². The van der Waals surface area contributed by atoms with Crippen LogP contribution in [0.5, 0.6) is 0 Å². The van der Waals surface area contributed by atoms with Crippen molar-refractivity contribution in [3.8, 4) is 0 Å². The van der Waals surface area contributed by atoms with Crippen LogP contribution in [0.25, 0.3) is 0 Å². The van der Waals surface area contributed by atoms with Crippen molar-refractivity contribution in [3.63, 3.8) is 0 Å². The Hall–Kier alpha value is -1.33. The van der Waals surface area contributed by atoms with Gasteiger partial charge in [-0.1, -0.05) is 23.4 Å². The van der Waals surface area contributed by atoms with E-state index in [0.29, 0.717) is 18.5 Å². The number of thioether (sulfide) groups is 1. The normalized spacial score (nSPS) is 14.9. The monoisotopic (exact) mass is 261 g/mol. The first kappa shape index (κ1) is 11.7. The number of benzene rings is 1. The summed E-state index contributed by atoms with van der Waals surface area (Å²) in [5.74, 6) is 2.19. The average molecular weight is 261 g/mol. The predicted octanol–water partition coefficient (Wildman–Crippen LogP) is 2.61. The molecule has 0 atom stereocenters. The van der Waals surface area contributed by atoms with E-state index >= 15 is 0 Å². The Kier molecular flexibility index (Phi) is 3.61. The molecule has 2 aromatic rings. The van der Waals surface area contributed by atoms with Gasteiger partial charge in [0.2, 0.25) is 5.89 Å². The molecule has 0 bridgehead atoms. The van der Waals surface area contributed by atoms with Gasteiger partial charge in [-0.2, -0.15) is 4.98 Å². The minimum atomic E-state index is 0.666. The zero-order chi connectivity index (χ0) is 12.2. The Labute approximate surface area is 110 Å². The molecule has 4 nitrogen and oxygen atoms in total. The summed E-state index contributed by atoms with van der Waals surface area (Å²) in [6, 6.07) is 10.9. The van der Waals surface area contributed by atoms with Crippen molar-refractivity contribution in [2.45, 2.75) is 36.1 Å². The van der Waals surface area contributed by atoms with Crippen LogP contribution in [0.1, 0.15) is 24.6 Å². The standard InChI is InChI=1S/C13H15N3OS/c1-2-4-11(5-3-1)18-9-12-15-13(17-16-12)8-14-10-6-7-10/h1-5,10,14H,6-9H2. The summed E-state index contributed by atoms with van der Waals surface area (Å²) in [5, 5.41) is 7.34. The van der Waals surface area contributed by atoms with Crippen LogP contribution in [0.2, 0.25) is 0 Å². The van der Waals surface area contributed by atoms with E-state index in [9.17, 15) is 0 Å². The molecule has 1 heterocycles. The number of nitrogens with zero attached hydrogens (tertiary/aromatic N) is 2. The third-order valence-electron chi connectivity index (χ3n) is 2.74. The first-order valence-corrected chi connectivity index (χ1v) is 7.11. The number of rotatable bonds is 6. The fourth-order valence-electron chi connectivity index (χ4n) is 1.60. The number of aromatic nitrogens is 2. The summed E-state index contributed by atoms with van der Waals surface area (Å²) in [4.78, 5) is 5.59. The van der Waals surface area contributed by atoms with E-state index in [2.05, 4.69) is 27.6 Å². The van der Waals surface area contributed by atoms with E-state index in [-0.39, 0.29) is 0 Å². The lowest BCUT2D eigenvalue weighted by Crippen LogP contribution is -2.15. The second-order valence-corrected chi connectivity index (χ2v) is 5.41. The third-order valence-corrected chi connectivity index (χ3v) is 3.75. The number of hydrogen-bond acceptors (Lipinski definition) is 5. The average Bonchev–Trinajstić information content (AvgIpc) is 3.14. The molecule has 3 rings (SSSR count). The SMILES string of the molecule is c1ccc(SCc2noc(CNC3CC3)n2)cc1. The Morgan fingerprint density at radius 1 is 1.28 bits per heavy atom. The topological polar surface area (TPSA) is 51.0 Å². The zero-order valence-corrected chi connectivity index (χ0v) is 10.8. The summed E-state index contributed by atoms with van der Waals surface area (Å²) in [6.07, 6.45) is 2.54. The number of nitrogens with one attached hydrogen (secondary N) is 1. The summed E-state index contributed by atoms with van der Waals surface area (Å²) in [5.41, 5.74) is 0. The lowest BCUT2D eigenvalue weighted by atomic mass is 10.4. The van der Waals surface area contributed by atoms with Gasteiger partial charge in [0.05, 0.1) is 12.3 Å². The van der Waals surface area contributed by atoms with Crippen molar-refractivity contribution < 1.29 is 4.52 Å². The molecule has 1 N–H and O–H groups in total. The van der Waals surface area contributed by atoms with Gasteiger partial charge in [-0.05, 0) is 25.0 Å². The van der Waals surface area contributed by atoms with Crippen molar-refractivity contribution in [1.29, 1.82) is 0 Å². The molecule has 1 aromatic carbocycles. The van der Waals surface area contributed by atoms with Crippen molar-refractivity contribution in [2.75, 3.05) is 0 Å². The summed E-state index contributed by atoms with van der Waals surface area (Å²) in [7, 11) is 0. The van der Waals surface area contributed by atoms with Gasteiger partial charge in [0.25, 0.3) is 0 Å². The smallest absolute Gasteiger partial charge is 0.240 e. The first-order valence-electron chi connectivity index (χ1n) is 6.13. The lowest BCUT2D eigenvalue weighted by molar-refractivity contribution is 0.363. The van der Waals surface area contributed by atoms with Gasteiger partial charge < -0.3 is 9.84 Å². The molecular weight excluding hydrogens is 246 g/mol. The third kappa shape index (κ3) is 3.34. The first-order chi connectivity index (χ1) is 8.90. The van der Waals surface area contributed by atoms with Gasteiger partial charge in [0, 0.05) is 10.9 Å². The second-order valence-electron chi connectivity index (χ2n) is 4.36. The van der Waals surface area contributed by atoms with E-state index in [1.807, 2.05) is 18.2 Å². The minimum Gasteiger partial charge on any atom is -0.338 e. The second kappa shape index (κ2) is 5.54. The van der Waals surface area contributed by atoms with Gasteiger partial charge in [-0.3, -0.25) is 0 Å². The molecular formula is C13H15N3OS. The highest BCUT2D eigenvalue weighted by atomic mass is 32.2. The van der Waals surface area contributed by atoms with Crippen molar-refractivity contribution >= 4 is 11.8 Å². The molecule has 0 saturated heterocycles. The van der Waals surface area contributed by atoms with Crippen LogP contribution in [0.15, 0.2) is 39.8 Å². The van der Waals surface area contributed by atoms with Gasteiger partial charge in [0.1, 0.15) is 0 Å². The number of hydrogen-bond donors (Lipinski definition) is 1. The van der Waals surface area contributed by atoms with Crippen LogP contribution < -0.4 is 5.32 Å². The molecule has 94 valence electrons. The molecule has 18 heavy (non-hydrogen) atoms. The molecule has 1 aliphatic rings. The van der Waals surface area contributed by atoms with Crippen LogP contribution >= 0.6 is 11.8 Å². The van der Waals surface area contributed by atoms with Crippen LogP contribution in [-0.2, 0) is 12.3 Å². The van der Waals surface area contributed by atoms with Crippen molar-refractivity contribution in [3.05, 3.63) is 42.0 Å². The maximum Gasteiger partial charge on any atom is 0.240 e. The van der Waals surface area contributed by atoms with E-state index in [0.717, 1.165) is 11.6 Å². The van der Waals surface area contributed by atoms with Crippen LogP contribution in [0, 0.1) is 0 Å². The Balaban J connectivity index is 1.50. The molecule has 1 aromatic heterocycles. The molecule has 0 aliphatic heterocycles. The van der Waals surface area contributed by atoms with Gasteiger partial charge in [-0.15, -0.1) is 11.8 Å². The van der Waals surface area contributed by atoms with Gasteiger partial charge in [-0.25, -0.2) is 0 Å². The highest BCUT2D eigenvalue weighted by Gasteiger charge is 2.21. The zero-order valence-electron chi connectivity index (χ0n) is 10.0. The van der Waals surface area contributed by atoms with Crippen LogP contribution in [0.4, 0.5) is 0 Å². The quantitative estimate of drug-likeness (QED) is 0.810. The maximum absolute atomic E-state index is 5.19. The van der Waals surface area contributed by atoms with E-state index < -0.39 is 0 Å². The Morgan fingerprint density at radius 3 is 2.89 bits per heavy atom.